The summed E-state index contributed by atoms with van der Waals surface area (Å²) in [5.41, 5.74) is 6.86. The molecule has 0 radical (unpaired) electrons. The van der Waals surface area contributed by atoms with E-state index in [-0.39, 0.29) is 0 Å². The van der Waals surface area contributed by atoms with Gasteiger partial charge in [0.15, 0.2) is 11.2 Å². The summed E-state index contributed by atoms with van der Waals surface area (Å²) in [4.78, 5) is 17.3. The van der Waals surface area contributed by atoms with E-state index in [1.807, 2.05) is 74.5 Å². The minimum absolute atomic E-state index is 0.494. The maximum atomic E-state index is 9.23. The van der Waals surface area contributed by atoms with Gasteiger partial charge in [-0.2, -0.15) is 10.2 Å². The van der Waals surface area contributed by atoms with E-state index in [0.29, 0.717) is 22.7 Å². The molecule has 0 atom stereocenters. The zero-order valence-corrected chi connectivity index (χ0v) is 20.3. The number of anilines is 4. The number of aromatic nitrogens is 4. The normalized spacial score (nSPS) is 10.4. The molecule has 0 fully saturated rings. The van der Waals surface area contributed by atoms with Crippen molar-refractivity contribution in [3.8, 4) is 17.5 Å². The van der Waals surface area contributed by atoms with E-state index in [1.165, 1.54) is 0 Å². The Morgan fingerprint density at radius 2 is 1.57 bits per heavy atom. The maximum Gasteiger partial charge on any atom is 0.228 e. The summed E-state index contributed by atoms with van der Waals surface area (Å²) < 4.78 is 5.99. The van der Waals surface area contributed by atoms with Gasteiger partial charge in [-0.05, 0) is 60.7 Å². The maximum absolute atomic E-state index is 9.23. The lowest BCUT2D eigenvalue weighted by Gasteiger charge is -2.10. The van der Waals surface area contributed by atoms with Crippen LogP contribution in [0.1, 0.15) is 19.4 Å². The zero-order valence-electron chi connectivity index (χ0n) is 20.3. The first-order valence-corrected chi connectivity index (χ1v) is 11.9. The molecule has 4 aromatic heterocycles. The number of pyridine rings is 3. The van der Waals surface area contributed by atoms with E-state index in [1.54, 1.807) is 30.9 Å². The van der Waals surface area contributed by atoms with Crippen LogP contribution in [0.5, 0.6) is 0 Å². The summed E-state index contributed by atoms with van der Waals surface area (Å²) in [5.74, 6) is 0.494. The Hall–Kier alpha value is -5.29. The second-order valence-corrected chi connectivity index (χ2v) is 7.83. The Bertz CT molecular complexity index is 1700. The molecule has 180 valence electrons. The molecule has 6 rings (SSSR count). The highest BCUT2D eigenvalue weighted by atomic mass is 16.3. The summed E-state index contributed by atoms with van der Waals surface area (Å²) in [6.07, 6.45) is 6.91. The highest BCUT2D eigenvalue weighted by molar-refractivity contribution is 5.93. The summed E-state index contributed by atoms with van der Waals surface area (Å²) >= 11 is 0. The van der Waals surface area contributed by atoms with Crippen LogP contribution in [-0.4, -0.2) is 19.9 Å². The van der Waals surface area contributed by atoms with E-state index in [0.717, 1.165) is 39.2 Å². The largest absolute Gasteiger partial charge is 0.434 e. The lowest BCUT2D eigenvalue weighted by molar-refractivity contribution is 0.620. The quantitative estimate of drug-likeness (QED) is 0.263. The Morgan fingerprint density at radius 1 is 0.784 bits per heavy atom. The summed E-state index contributed by atoms with van der Waals surface area (Å²) in [6.45, 7) is 4.00. The highest BCUT2D eigenvalue weighted by Gasteiger charge is 2.11. The molecule has 0 spiro atoms. The van der Waals surface area contributed by atoms with Gasteiger partial charge in [0.1, 0.15) is 0 Å². The molecule has 2 aromatic carbocycles. The molecule has 0 saturated carbocycles. The summed E-state index contributed by atoms with van der Waals surface area (Å²) in [7, 11) is 0. The van der Waals surface area contributed by atoms with Gasteiger partial charge in [-0.15, -0.1) is 0 Å². The molecule has 8 heteroatoms. The van der Waals surface area contributed by atoms with Gasteiger partial charge in [-0.1, -0.05) is 13.8 Å². The van der Waals surface area contributed by atoms with Crippen molar-refractivity contribution in [3.63, 3.8) is 0 Å². The molecule has 0 aliphatic carbocycles. The van der Waals surface area contributed by atoms with Crippen molar-refractivity contribution in [2.24, 2.45) is 0 Å². The van der Waals surface area contributed by atoms with Gasteiger partial charge in [0, 0.05) is 52.7 Å². The smallest absolute Gasteiger partial charge is 0.228 e. The predicted octanol–water partition coefficient (Wildman–Crippen LogP) is 7.22. The van der Waals surface area contributed by atoms with Crippen LogP contribution in [0.25, 0.3) is 33.6 Å². The van der Waals surface area contributed by atoms with E-state index in [9.17, 15) is 5.26 Å². The first-order chi connectivity index (χ1) is 18.2. The van der Waals surface area contributed by atoms with E-state index < -0.39 is 0 Å². The highest BCUT2D eigenvalue weighted by Crippen LogP contribution is 2.29. The number of benzene rings is 2. The van der Waals surface area contributed by atoms with Crippen LogP contribution in [0.3, 0.4) is 0 Å². The van der Waals surface area contributed by atoms with E-state index in [4.69, 9.17) is 4.42 Å². The zero-order chi connectivity index (χ0) is 25.6. The van der Waals surface area contributed by atoms with Crippen LogP contribution >= 0.6 is 0 Å². The summed E-state index contributed by atoms with van der Waals surface area (Å²) in [6, 6.07) is 22.9. The van der Waals surface area contributed by atoms with Gasteiger partial charge in [0.05, 0.1) is 29.0 Å². The number of nitrogens with zero attached hydrogens (tertiary/aromatic N) is 5. The molecule has 0 aliphatic rings. The average molecular weight is 486 g/mol. The molecular weight excluding hydrogens is 462 g/mol. The average Bonchev–Trinajstić information content (AvgIpc) is 3.38. The van der Waals surface area contributed by atoms with Crippen molar-refractivity contribution in [1.82, 2.24) is 19.9 Å². The van der Waals surface area contributed by atoms with Crippen molar-refractivity contribution in [2.45, 2.75) is 13.8 Å². The van der Waals surface area contributed by atoms with Gasteiger partial charge >= 0.3 is 0 Å². The first kappa shape index (κ1) is 23.5. The predicted molar refractivity (Wildman–Crippen MR) is 146 cm³/mol. The van der Waals surface area contributed by atoms with Gasteiger partial charge < -0.3 is 15.1 Å². The topological polar surface area (TPSA) is 113 Å². The van der Waals surface area contributed by atoms with Crippen molar-refractivity contribution in [1.29, 1.82) is 5.26 Å². The van der Waals surface area contributed by atoms with Crippen molar-refractivity contribution in [3.05, 3.63) is 97.1 Å². The molecule has 0 aliphatic heterocycles. The van der Waals surface area contributed by atoms with Gasteiger partial charge in [0.2, 0.25) is 5.89 Å². The number of nitrogens with one attached hydrogen (secondary N) is 2. The second kappa shape index (κ2) is 10.5. The number of oxazole rings is 1. The molecule has 37 heavy (non-hydrogen) atoms. The van der Waals surface area contributed by atoms with Crippen molar-refractivity contribution >= 4 is 44.9 Å². The van der Waals surface area contributed by atoms with Crippen LogP contribution < -0.4 is 10.6 Å². The minimum Gasteiger partial charge on any atom is -0.434 e. The van der Waals surface area contributed by atoms with Crippen molar-refractivity contribution < 1.29 is 4.42 Å². The fourth-order valence-corrected chi connectivity index (χ4v) is 3.79. The third-order valence-electron chi connectivity index (χ3n) is 5.50. The Balaban J connectivity index is 0.00000137. The molecular formula is C29H23N7O. The molecule has 0 bridgehead atoms. The number of rotatable bonds is 5. The van der Waals surface area contributed by atoms with Gasteiger partial charge in [-0.3, -0.25) is 9.97 Å². The number of hydrogen-bond donors (Lipinski definition) is 2. The number of fused-ring (bicyclic) bond motifs is 2. The fraction of sp³-hybridized carbons (Fsp3) is 0.0690. The Kier molecular flexibility index (Phi) is 6.68. The minimum atomic E-state index is 0.494. The fourth-order valence-electron chi connectivity index (χ4n) is 3.79. The van der Waals surface area contributed by atoms with Gasteiger partial charge in [0.25, 0.3) is 0 Å². The molecule has 8 nitrogen and oxygen atoms in total. The molecule has 2 N–H and O–H groups in total. The Labute approximate surface area is 213 Å². The Morgan fingerprint density at radius 3 is 2.35 bits per heavy atom. The first-order valence-electron chi connectivity index (χ1n) is 11.9. The van der Waals surface area contributed by atoms with Crippen LogP contribution in [0.15, 0.2) is 95.9 Å². The third kappa shape index (κ3) is 5.06. The lowest BCUT2D eigenvalue weighted by atomic mass is 10.1. The second-order valence-electron chi connectivity index (χ2n) is 7.83. The monoisotopic (exact) mass is 485 g/mol. The molecule has 0 amide bonds. The van der Waals surface area contributed by atoms with Crippen LogP contribution in [0.4, 0.5) is 22.7 Å². The molecule has 4 heterocycles. The van der Waals surface area contributed by atoms with Gasteiger partial charge in [-0.25, -0.2) is 4.98 Å². The third-order valence-corrected chi connectivity index (χ3v) is 5.50. The van der Waals surface area contributed by atoms with Crippen molar-refractivity contribution in [2.75, 3.05) is 10.6 Å². The SMILES string of the molecule is CC.N#Cc1ccc2nccc(Nc3ccc(-c4nc5ncc(Nc6ccncc6)cc5o4)cc3)c2c1. The van der Waals surface area contributed by atoms with Crippen LogP contribution in [0.2, 0.25) is 0 Å². The van der Waals surface area contributed by atoms with E-state index >= 15 is 0 Å². The standard InChI is InChI=1S/C27H17N7O.C2H6/c28-15-17-1-6-23-22(13-17)24(9-12-30-23)33-19-4-2-18(3-5-19)27-34-26-25(35-27)14-21(16-31-26)32-20-7-10-29-11-8-20;1-2/h1-14,16H,(H,29,32)(H,30,33);1-2H3. The van der Waals surface area contributed by atoms with E-state index in [2.05, 4.69) is 36.6 Å². The number of hydrogen-bond acceptors (Lipinski definition) is 8. The van der Waals surface area contributed by atoms with Crippen LogP contribution in [-0.2, 0) is 0 Å². The molecule has 0 unspecified atom stereocenters. The van der Waals surface area contributed by atoms with Crippen LogP contribution in [0, 0.1) is 11.3 Å². The molecule has 6 aromatic rings. The molecule has 0 saturated heterocycles. The lowest BCUT2D eigenvalue weighted by Crippen LogP contribution is -1.93. The summed E-state index contributed by atoms with van der Waals surface area (Å²) in [5, 5.41) is 16.8. The number of nitriles is 1.